The highest BCUT2D eigenvalue weighted by molar-refractivity contribution is 6.14. The summed E-state index contributed by atoms with van der Waals surface area (Å²) in [5.74, 6) is 0.333. The highest BCUT2D eigenvalue weighted by Gasteiger charge is 2.34. The first-order valence-corrected chi connectivity index (χ1v) is 12.3. The van der Waals surface area contributed by atoms with Crippen LogP contribution in [0.25, 0.3) is 55.4 Å². The summed E-state index contributed by atoms with van der Waals surface area (Å²) < 4.78 is 7.25. The Labute approximate surface area is 211 Å². The van der Waals surface area contributed by atoms with E-state index >= 15 is 0 Å². The Morgan fingerprint density at radius 2 is 1.92 bits per heavy atom. The molecule has 0 amide bonds. The van der Waals surface area contributed by atoms with E-state index in [1.807, 2.05) is 41.9 Å². The van der Waals surface area contributed by atoms with E-state index in [1.54, 1.807) is 22.5 Å². The number of nitrogens with one attached hydrogen (secondary N) is 1. The van der Waals surface area contributed by atoms with Crippen molar-refractivity contribution in [3.8, 4) is 28.5 Å². The van der Waals surface area contributed by atoms with Crippen LogP contribution < -0.4 is 5.69 Å². The zero-order valence-corrected chi connectivity index (χ0v) is 20.8. The summed E-state index contributed by atoms with van der Waals surface area (Å²) in [6.45, 7) is 0. The minimum Gasteiger partial charge on any atom is -0.339 e. The first kappa shape index (κ1) is 21.6. The van der Waals surface area contributed by atoms with Crippen molar-refractivity contribution in [2.45, 2.75) is 25.3 Å². The van der Waals surface area contributed by atoms with E-state index in [0.29, 0.717) is 12.3 Å². The Morgan fingerprint density at radius 1 is 1.08 bits per heavy atom. The number of aromatic nitrogens is 8. The summed E-state index contributed by atoms with van der Waals surface area (Å²) >= 11 is 0. The van der Waals surface area contributed by atoms with E-state index in [4.69, 9.17) is 10.2 Å². The van der Waals surface area contributed by atoms with Gasteiger partial charge < -0.3 is 4.98 Å². The van der Waals surface area contributed by atoms with Crippen molar-refractivity contribution in [1.82, 2.24) is 38.7 Å². The van der Waals surface area contributed by atoms with Crippen molar-refractivity contribution < 1.29 is 0 Å². The third-order valence-electron chi connectivity index (χ3n) is 7.86. The van der Waals surface area contributed by atoms with Gasteiger partial charge in [0.15, 0.2) is 0 Å². The van der Waals surface area contributed by atoms with E-state index < -0.39 is 0 Å². The number of hydrogen-bond donors (Lipinski definition) is 1. The van der Waals surface area contributed by atoms with Crippen LogP contribution in [0.15, 0.2) is 47.8 Å². The molecule has 0 atom stereocenters. The first-order valence-electron chi connectivity index (χ1n) is 12.3. The Hall–Kier alpha value is -4.65. The van der Waals surface area contributed by atoms with Gasteiger partial charge in [0.25, 0.3) is 0 Å². The number of imidazole rings is 1. The molecule has 1 saturated carbocycles. The van der Waals surface area contributed by atoms with Gasteiger partial charge in [-0.2, -0.15) is 15.5 Å². The molecular formula is C27H25N9O. The maximum Gasteiger partial charge on any atom is 0.329 e. The molecule has 0 unspecified atom stereocenters. The minimum absolute atomic E-state index is 0.0532. The number of aromatic amines is 1. The first-order chi connectivity index (χ1) is 17.9. The van der Waals surface area contributed by atoms with Crippen molar-refractivity contribution >= 4 is 33.0 Å². The third-order valence-corrected chi connectivity index (χ3v) is 7.86. The Bertz CT molecular complexity index is 1950. The Kier molecular flexibility index (Phi) is 4.48. The fourth-order valence-corrected chi connectivity index (χ4v) is 5.90. The number of pyridine rings is 1. The van der Waals surface area contributed by atoms with Gasteiger partial charge in [-0.1, -0.05) is 6.07 Å². The van der Waals surface area contributed by atoms with Gasteiger partial charge in [-0.3, -0.25) is 18.5 Å². The van der Waals surface area contributed by atoms with Crippen molar-refractivity contribution in [3.63, 3.8) is 0 Å². The normalized spacial score (nSPS) is 17.6. The average molecular weight is 492 g/mol. The standard InChI is InChI=1S/C27H25N9O/c1-33-14-18(12-30-33)24-22(16-4-5-20-17(10-16)11-31-35(20)3)23-25-21(13-29-26(23)32-24)34(2)27(37)36(25)19-8-15(9-19)6-7-28/h4-5,10-15,19H,6,8-9H2,1-3H3,(H,29,32). The van der Waals surface area contributed by atoms with Crippen molar-refractivity contribution in [3.05, 3.63) is 53.5 Å². The van der Waals surface area contributed by atoms with Crippen molar-refractivity contribution in [2.75, 3.05) is 0 Å². The van der Waals surface area contributed by atoms with Crippen LogP contribution >= 0.6 is 0 Å². The summed E-state index contributed by atoms with van der Waals surface area (Å²) in [6.07, 6.45) is 9.64. The van der Waals surface area contributed by atoms with Gasteiger partial charge in [0.2, 0.25) is 0 Å². The molecule has 1 fully saturated rings. The number of nitrogens with zero attached hydrogens (tertiary/aromatic N) is 8. The van der Waals surface area contributed by atoms with Gasteiger partial charge in [0.05, 0.1) is 52.3 Å². The lowest BCUT2D eigenvalue weighted by molar-refractivity contribution is 0.201. The lowest BCUT2D eigenvalue weighted by Crippen LogP contribution is -2.34. The van der Waals surface area contributed by atoms with Crippen molar-refractivity contribution in [1.29, 1.82) is 5.26 Å². The molecule has 7 rings (SSSR count). The fraction of sp³-hybridized carbons (Fsp3) is 0.296. The molecule has 5 heterocycles. The molecule has 0 bridgehead atoms. The summed E-state index contributed by atoms with van der Waals surface area (Å²) in [5, 5.41) is 19.9. The number of aryl methyl sites for hydroxylation is 3. The fourth-order valence-electron chi connectivity index (χ4n) is 5.90. The van der Waals surface area contributed by atoms with Crippen molar-refractivity contribution in [2.24, 2.45) is 27.1 Å². The number of benzene rings is 1. The molecule has 0 radical (unpaired) electrons. The Balaban J connectivity index is 1.57. The summed E-state index contributed by atoms with van der Waals surface area (Å²) in [4.78, 5) is 21.8. The van der Waals surface area contributed by atoms with E-state index in [2.05, 4.69) is 39.4 Å². The van der Waals surface area contributed by atoms with E-state index in [9.17, 15) is 4.79 Å². The second-order valence-corrected chi connectivity index (χ2v) is 10.1. The van der Waals surface area contributed by atoms with Crippen LogP contribution in [0.2, 0.25) is 0 Å². The smallest absolute Gasteiger partial charge is 0.329 e. The Morgan fingerprint density at radius 3 is 2.68 bits per heavy atom. The molecule has 184 valence electrons. The van der Waals surface area contributed by atoms with Crippen LogP contribution in [-0.4, -0.2) is 38.7 Å². The van der Waals surface area contributed by atoms with Gasteiger partial charge in [-0.15, -0.1) is 0 Å². The molecule has 1 aliphatic carbocycles. The molecule has 6 aromatic rings. The molecule has 0 aliphatic heterocycles. The number of rotatable bonds is 4. The molecule has 1 aromatic carbocycles. The van der Waals surface area contributed by atoms with Gasteiger partial charge in [-0.25, -0.2) is 9.78 Å². The predicted molar refractivity (Wildman–Crippen MR) is 141 cm³/mol. The number of hydrogen-bond acceptors (Lipinski definition) is 5. The average Bonchev–Trinajstić information content (AvgIpc) is 3.62. The lowest BCUT2D eigenvalue weighted by atomic mass is 9.78. The largest absolute Gasteiger partial charge is 0.339 e. The molecule has 0 saturated heterocycles. The SMILES string of the molecule is Cn1cc(-c2[nH]c3ncc4c(c3c2-c2ccc3c(cnn3C)c2)n(C2CC(CC#N)C2)c(=O)n4C)cn1. The monoisotopic (exact) mass is 491 g/mol. The summed E-state index contributed by atoms with van der Waals surface area (Å²) in [5.41, 5.74) is 7.24. The zero-order valence-electron chi connectivity index (χ0n) is 20.8. The van der Waals surface area contributed by atoms with Crippen LogP contribution in [-0.2, 0) is 21.1 Å². The predicted octanol–water partition coefficient (Wildman–Crippen LogP) is 4.04. The lowest BCUT2D eigenvalue weighted by Gasteiger charge is -2.34. The van der Waals surface area contributed by atoms with Crippen LogP contribution in [0.1, 0.15) is 25.3 Å². The molecule has 1 N–H and O–H groups in total. The van der Waals surface area contributed by atoms with Gasteiger partial charge in [0.1, 0.15) is 5.65 Å². The molecule has 1 aliphatic rings. The maximum absolute atomic E-state index is 13.5. The third kappa shape index (κ3) is 3.03. The van der Waals surface area contributed by atoms with Gasteiger partial charge >= 0.3 is 5.69 Å². The molecule has 5 aromatic heterocycles. The minimum atomic E-state index is -0.0532. The quantitative estimate of drug-likeness (QED) is 0.400. The highest BCUT2D eigenvalue weighted by Crippen LogP contribution is 2.45. The molecule has 0 spiro atoms. The van der Waals surface area contributed by atoms with Crippen LogP contribution in [0.3, 0.4) is 0 Å². The van der Waals surface area contributed by atoms with Crippen LogP contribution in [0, 0.1) is 17.2 Å². The zero-order chi connectivity index (χ0) is 25.4. The second-order valence-electron chi connectivity index (χ2n) is 10.1. The highest BCUT2D eigenvalue weighted by atomic mass is 16.1. The number of nitriles is 1. The van der Waals surface area contributed by atoms with Crippen LogP contribution in [0.5, 0.6) is 0 Å². The van der Waals surface area contributed by atoms with Gasteiger partial charge in [0, 0.05) is 56.3 Å². The number of fused-ring (bicyclic) bond motifs is 4. The summed E-state index contributed by atoms with van der Waals surface area (Å²) in [6, 6.07) is 8.65. The summed E-state index contributed by atoms with van der Waals surface area (Å²) in [7, 11) is 5.63. The molecule has 10 heteroatoms. The molecular weight excluding hydrogens is 466 g/mol. The molecule has 37 heavy (non-hydrogen) atoms. The van der Waals surface area contributed by atoms with E-state index in [1.165, 1.54) is 0 Å². The maximum atomic E-state index is 13.5. The second kappa shape index (κ2) is 7.67. The molecule has 10 nitrogen and oxygen atoms in total. The van der Waals surface area contributed by atoms with Crippen LogP contribution in [0.4, 0.5) is 0 Å². The number of H-pyrrole nitrogens is 1. The van der Waals surface area contributed by atoms with Gasteiger partial charge in [-0.05, 0) is 36.5 Å². The van der Waals surface area contributed by atoms with E-state index in [0.717, 1.165) is 68.2 Å². The van der Waals surface area contributed by atoms with E-state index in [-0.39, 0.29) is 11.7 Å². The topological polar surface area (TPSA) is 115 Å².